The third-order valence-electron chi connectivity index (χ3n) is 4.32. The molecular formula is C22H25NO9S. The molecule has 2 aromatic rings. The van der Waals surface area contributed by atoms with Crippen molar-refractivity contribution < 1.29 is 42.4 Å². The van der Waals surface area contributed by atoms with Gasteiger partial charge in [0.05, 0.1) is 39.6 Å². The second kappa shape index (κ2) is 11.1. The molecule has 0 radical (unpaired) electrons. The number of rotatable bonds is 11. The Morgan fingerprint density at radius 3 is 1.61 bits per heavy atom. The number of phenolic OH excluding ortho intramolecular Hbond substituents is 2. The molecule has 2 rings (SSSR count). The Bertz CT molecular complexity index is 1120. The van der Waals surface area contributed by atoms with Gasteiger partial charge in [-0.2, -0.15) is 0 Å². The van der Waals surface area contributed by atoms with Gasteiger partial charge in [-0.05, 0) is 18.2 Å². The van der Waals surface area contributed by atoms with E-state index in [0.717, 1.165) is 12.3 Å². The van der Waals surface area contributed by atoms with Gasteiger partial charge >= 0.3 is 0 Å². The van der Waals surface area contributed by atoms with Gasteiger partial charge in [0, 0.05) is 30.5 Å². The van der Waals surface area contributed by atoms with Crippen molar-refractivity contribution in [1.82, 2.24) is 4.72 Å². The van der Waals surface area contributed by atoms with Crippen LogP contribution in [0.25, 0.3) is 12.2 Å². The largest absolute Gasteiger partial charge is 0.508 e. The SMILES string of the molecule is COc1cc(O)cc(OC)c1/C=C/NS(=O)(=O)CC(=O)/C=C/c1c(OC)cc(O)cc1OC. The number of ether oxygens (including phenoxy) is 4. The van der Waals surface area contributed by atoms with E-state index in [1.807, 2.05) is 0 Å². The maximum Gasteiger partial charge on any atom is 0.239 e. The zero-order valence-electron chi connectivity index (χ0n) is 18.5. The van der Waals surface area contributed by atoms with Gasteiger partial charge in [-0.15, -0.1) is 0 Å². The van der Waals surface area contributed by atoms with Gasteiger partial charge in [-0.1, -0.05) is 0 Å². The Morgan fingerprint density at radius 1 is 0.818 bits per heavy atom. The van der Waals surface area contributed by atoms with Crippen molar-refractivity contribution in [3.05, 3.63) is 47.7 Å². The predicted molar refractivity (Wildman–Crippen MR) is 122 cm³/mol. The number of phenols is 2. The molecule has 0 amide bonds. The van der Waals surface area contributed by atoms with Crippen molar-refractivity contribution in [1.29, 1.82) is 0 Å². The van der Waals surface area contributed by atoms with E-state index >= 15 is 0 Å². The van der Waals surface area contributed by atoms with Gasteiger partial charge in [-0.25, -0.2) is 8.42 Å². The van der Waals surface area contributed by atoms with Gasteiger partial charge in [0.1, 0.15) is 40.2 Å². The van der Waals surface area contributed by atoms with Gasteiger partial charge in [0.15, 0.2) is 5.78 Å². The van der Waals surface area contributed by atoms with Gasteiger partial charge in [0.2, 0.25) is 10.0 Å². The van der Waals surface area contributed by atoms with Crippen LogP contribution in [0.1, 0.15) is 11.1 Å². The number of ketones is 1. The number of hydrogen-bond acceptors (Lipinski definition) is 9. The third-order valence-corrected chi connectivity index (χ3v) is 5.48. The van der Waals surface area contributed by atoms with E-state index in [9.17, 15) is 23.4 Å². The van der Waals surface area contributed by atoms with E-state index in [4.69, 9.17) is 18.9 Å². The Morgan fingerprint density at radius 2 is 1.21 bits per heavy atom. The van der Waals surface area contributed by atoms with Crippen LogP contribution in [0.5, 0.6) is 34.5 Å². The summed E-state index contributed by atoms with van der Waals surface area (Å²) >= 11 is 0. The first-order valence-electron chi connectivity index (χ1n) is 9.41. The fourth-order valence-corrected chi connectivity index (χ4v) is 3.68. The van der Waals surface area contributed by atoms with E-state index in [1.165, 1.54) is 64.9 Å². The smallest absolute Gasteiger partial charge is 0.239 e. The Labute approximate surface area is 191 Å². The first-order valence-corrected chi connectivity index (χ1v) is 11.1. The molecule has 0 saturated carbocycles. The average Bonchev–Trinajstić information content (AvgIpc) is 2.77. The second-order valence-electron chi connectivity index (χ2n) is 6.54. The lowest BCUT2D eigenvalue weighted by Crippen LogP contribution is -2.25. The Balaban J connectivity index is 2.14. The summed E-state index contributed by atoms with van der Waals surface area (Å²) in [5, 5.41) is 19.4. The Hall–Kier alpha value is -3.86. The number of methoxy groups -OCH3 is 4. The van der Waals surface area contributed by atoms with E-state index in [0.29, 0.717) is 11.1 Å². The number of benzene rings is 2. The molecule has 178 valence electrons. The highest BCUT2D eigenvalue weighted by Crippen LogP contribution is 2.35. The lowest BCUT2D eigenvalue weighted by Gasteiger charge is -2.11. The maximum absolute atomic E-state index is 12.3. The summed E-state index contributed by atoms with van der Waals surface area (Å²) in [6.45, 7) is 0. The number of carbonyl (C=O) groups is 1. The van der Waals surface area contributed by atoms with Crippen LogP contribution in [-0.4, -0.2) is 58.6 Å². The zero-order valence-corrected chi connectivity index (χ0v) is 19.3. The molecule has 0 saturated heterocycles. The number of carbonyl (C=O) groups excluding carboxylic acids is 1. The third kappa shape index (κ3) is 6.81. The monoisotopic (exact) mass is 479 g/mol. The van der Waals surface area contributed by atoms with Crippen molar-refractivity contribution in [2.24, 2.45) is 0 Å². The standard InChI is InChI=1S/C22H25NO9S/c1-29-19-9-15(25)10-20(30-2)17(19)6-5-14(24)13-33(27,28)23-8-7-18-21(31-3)11-16(26)12-22(18)32-4/h5-12,23,25-26H,13H2,1-4H3/b6-5+,8-7+. The van der Waals surface area contributed by atoms with Crippen LogP contribution in [0.2, 0.25) is 0 Å². The summed E-state index contributed by atoms with van der Waals surface area (Å²) < 4.78 is 47.4. The van der Waals surface area contributed by atoms with Gasteiger partial charge in [-0.3, -0.25) is 9.52 Å². The van der Waals surface area contributed by atoms with Crippen molar-refractivity contribution >= 4 is 28.0 Å². The van der Waals surface area contributed by atoms with Crippen molar-refractivity contribution in [2.45, 2.75) is 0 Å². The van der Waals surface area contributed by atoms with Gasteiger partial charge in [0.25, 0.3) is 0 Å². The number of hydrogen-bond donors (Lipinski definition) is 3. The molecular weight excluding hydrogens is 454 g/mol. The average molecular weight is 480 g/mol. The number of sulfonamides is 1. The second-order valence-corrected chi connectivity index (χ2v) is 8.29. The molecule has 0 aliphatic heterocycles. The molecule has 0 heterocycles. The lowest BCUT2D eigenvalue weighted by atomic mass is 10.1. The molecule has 0 aliphatic carbocycles. The van der Waals surface area contributed by atoms with Crippen LogP contribution >= 0.6 is 0 Å². The normalized spacial score (nSPS) is 11.5. The fraction of sp³-hybridized carbons (Fsp3) is 0.227. The van der Waals surface area contributed by atoms with Gasteiger partial charge < -0.3 is 29.2 Å². The highest BCUT2D eigenvalue weighted by atomic mass is 32.2. The van der Waals surface area contributed by atoms with Crippen molar-refractivity contribution in [3.8, 4) is 34.5 Å². The molecule has 3 N–H and O–H groups in total. The molecule has 0 spiro atoms. The van der Waals surface area contributed by atoms with Crippen LogP contribution < -0.4 is 23.7 Å². The summed E-state index contributed by atoms with van der Waals surface area (Å²) in [4.78, 5) is 12.2. The minimum absolute atomic E-state index is 0.0827. The zero-order chi connectivity index (χ0) is 24.6. The molecule has 11 heteroatoms. The fourth-order valence-electron chi connectivity index (χ4n) is 2.85. The molecule has 0 atom stereocenters. The molecule has 0 aromatic heterocycles. The van der Waals surface area contributed by atoms with E-state index in [2.05, 4.69) is 4.72 Å². The maximum atomic E-state index is 12.3. The van der Waals surface area contributed by atoms with Crippen LogP contribution in [0.4, 0.5) is 0 Å². The topological polar surface area (TPSA) is 141 Å². The highest BCUT2D eigenvalue weighted by molar-refractivity contribution is 7.90. The summed E-state index contributed by atoms with van der Waals surface area (Å²) in [6.07, 6.45) is 4.92. The van der Waals surface area contributed by atoms with E-state index < -0.39 is 21.6 Å². The first kappa shape index (κ1) is 25.4. The van der Waals surface area contributed by atoms with E-state index in [-0.39, 0.29) is 34.5 Å². The van der Waals surface area contributed by atoms with Crippen LogP contribution in [0.15, 0.2) is 36.5 Å². The molecule has 0 unspecified atom stereocenters. The lowest BCUT2D eigenvalue weighted by molar-refractivity contribution is -0.112. The minimum Gasteiger partial charge on any atom is -0.508 e. The summed E-state index contributed by atoms with van der Waals surface area (Å²) in [5.41, 5.74) is 0.751. The van der Waals surface area contributed by atoms with Crippen LogP contribution in [0.3, 0.4) is 0 Å². The molecule has 0 bridgehead atoms. The number of nitrogens with one attached hydrogen (secondary N) is 1. The molecule has 0 fully saturated rings. The van der Waals surface area contributed by atoms with Crippen LogP contribution in [0, 0.1) is 0 Å². The van der Waals surface area contributed by atoms with E-state index in [1.54, 1.807) is 0 Å². The van der Waals surface area contributed by atoms with Crippen molar-refractivity contribution in [3.63, 3.8) is 0 Å². The molecule has 10 nitrogen and oxygen atoms in total. The number of aromatic hydroxyl groups is 2. The summed E-state index contributed by atoms with van der Waals surface area (Å²) in [7, 11) is 1.53. The quantitative estimate of drug-likeness (QED) is 0.414. The summed E-state index contributed by atoms with van der Waals surface area (Å²) in [5.74, 6) is -0.675. The summed E-state index contributed by atoms with van der Waals surface area (Å²) in [6, 6.07) is 5.36. The molecule has 2 aromatic carbocycles. The number of allylic oxidation sites excluding steroid dienone is 1. The molecule has 33 heavy (non-hydrogen) atoms. The van der Waals surface area contributed by atoms with Crippen LogP contribution in [-0.2, 0) is 14.8 Å². The Kier molecular flexibility index (Phi) is 8.57. The highest BCUT2D eigenvalue weighted by Gasteiger charge is 2.15. The first-order chi connectivity index (χ1) is 15.6. The minimum atomic E-state index is -4.01. The molecule has 0 aliphatic rings. The predicted octanol–water partition coefficient (Wildman–Crippen LogP) is 2.30. The van der Waals surface area contributed by atoms with Crippen molar-refractivity contribution in [2.75, 3.05) is 34.2 Å².